The van der Waals surface area contributed by atoms with Crippen molar-refractivity contribution in [2.24, 2.45) is 16.1 Å². The SMILES string of the molecule is CC/C(C)=N\C(=N)N1CCC2(CC1)Cc1ccccc1[C@H]2N. The Bertz CT molecular complexity index is 597. The van der Waals surface area contributed by atoms with Crippen LogP contribution < -0.4 is 5.73 Å². The second kappa shape index (κ2) is 5.84. The van der Waals surface area contributed by atoms with Gasteiger partial charge in [0.15, 0.2) is 0 Å². The highest BCUT2D eigenvalue weighted by Crippen LogP contribution is 2.50. The third-order valence-corrected chi connectivity index (χ3v) is 5.46. The van der Waals surface area contributed by atoms with E-state index in [4.69, 9.17) is 11.1 Å². The summed E-state index contributed by atoms with van der Waals surface area (Å²) in [6.45, 7) is 5.84. The lowest BCUT2D eigenvalue weighted by molar-refractivity contribution is 0.126. The fraction of sp³-hybridized carbons (Fsp3) is 0.556. The maximum Gasteiger partial charge on any atom is 0.217 e. The first-order valence-electron chi connectivity index (χ1n) is 8.27. The van der Waals surface area contributed by atoms with Crippen LogP contribution in [-0.4, -0.2) is 29.7 Å². The average Bonchev–Trinajstić information content (AvgIpc) is 2.80. The lowest BCUT2D eigenvalue weighted by Gasteiger charge is -2.42. The lowest BCUT2D eigenvalue weighted by atomic mass is 9.73. The molecule has 0 unspecified atom stereocenters. The van der Waals surface area contributed by atoms with E-state index in [1.54, 1.807) is 0 Å². The molecule has 118 valence electrons. The molecule has 1 aromatic rings. The molecule has 2 aliphatic rings. The predicted molar refractivity (Wildman–Crippen MR) is 91.4 cm³/mol. The molecule has 1 fully saturated rings. The highest BCUT2D eigenvalue weighted by molar-refractivity contribution is 5.94. The monoisotopic (exact) mass is 298 g/mol. The van der Waals surface area contributed by atoms with Crippen LogP contribution in [0.5, 0.6) is 0 Å². The third-order valence-electron chi connectivity index (χ3n) is 5.46. The Morgan fingerprint density at radius 1 is 1.36 bits per heavy atom. The summed E-state index contributed by atoms with van der Waals surface area (Å²) in [5, 5.41) is 8.16. The third kappa shape index (κ3) is 2.56. The molecule has 0 radical (unpaired) electrons. The maximum absolute atomic E-state index is 8.16. The van der Waals surface area contributed by atoms with E-state index in [9.17, 15) is 0 Å². The van der Waals surface area contributed by atoms with Crippen LogP contribution in [0.4, 0.5) is 0 Å². The molecular formula is C18H26N4. The fourth-order valence-electron chi connectivity index (χ4n) is 3.80. The summed E-state index contributed by atoms with van der Waals surface area (Å²) >= 11 is 0. The minimum absolute atomic E-state index is 0.140. The van der Waals surface area contributed by atoms with Crippen molar-refractivity contribution in [3.63, 3.8) is 0 Å². The number of fused-ring (bicyclic) bond motifs is 1. The molecule has 0 aromatic heterocycles. The van der Waals surface area contributed by atoms with Crippen LogP contribution in [0.2, 0.25) is 0 Å². The van der Waals surface area contributed by atoms with Gasteiger partial charge in [-0.3, -0.25) is 5.41 Å². The molecule has 1 atom stereocenters. The zero-order valence-corrected chi connectivity index (χ0v) is 13.6. The molecular weight excluding hydrogens is 272 g/mol. The molecule has 4 heteroatoms. The van der Waals surface area contributed by atoms with E-state index in [-0.39, 0.29) is 11.5 Å². The smallest absolute Gasteiger partial charge is 0.217 e. The number of hydrogen-bond acceptors (Lipinski definition) is 2. The van der Waals surface area contributed by atoms with E-state index >= 15 is 0 Å². The van der Waals surface area contributed by atoms with Crippen LogP contribution in [0, 0.1) is 10.8 Å². The maximum atomic E-state index is 8.16. The van der Waals surface area contributed by atoms with Crippen molar-refractivity contribution in [1.82, 2.24) is 4.90 Å². The first-order chi connectivity index (χ1) is 10.6. The molecule has 1 heterocycles. The number of guanidine groups is 1. The zero-order chi connectivity index (χ0) is 15.7. The molecule has 4 nitrogen and oxygen atoms in total. The van der Waals surface area contributed by atoms with Gasteiger partial charge in [0.05, 0.1) is 0 Å². The van der Waals surface area contributed by atoms with Gasteiger partial charge in [0.1, 0.15) is 0 Å². The van der Waals surface area contributed by atoms with Crippen molar-refractivity contribution in [1.29, 1.82) is 5.41 Å². The van der Waals surface area contributed by atoms with Gasteiger partial charge in [0, 0.05) is 24.8 Å². The van der Waals surface area contributed by atoms with Crippen LogP contribution in [-0.2, 0) is 6.42 Å². The van der Waals surface area contributed by atoms with Gasteiger partial charge in [-0.15, -0.1) is 0 Å². The number of nitrogens with two attached hydrogens (primary N) is 1. The highest BCUT2D eigenvalue weighted by atomic mass is 15.3. The number of likely N-dealkylation sites (tertiary alicyclic amines) is 1. The molecule has 1 saturated heterocycles. The van der Waals surface area contributed by atoms with Crippen molar-refractivity contribution in [2.75, 3.05) is 13.1 Å². The van der Waals surface area contributed by atoms with Gasteiger partial charge in [-0.1, -0.05) is 31.2 Å². The molecule has 3 N–H and O–H groups in total. The van der Waals surface area contributed by atoms with Gasteiger partial charge in [0.25, 0.3) is 0 Å². The van der Waals surface area contributed by atoms with Gasteiger partial charge in [0.2, 0.25) is 5.96 Å². The molecule has 1 aliphatic heterocycles. The molecule has 3 rings (SSSR count). The first kappa shape index (κ1) is 15.2. The number of hydrogen-bond donors (Lipinski definition) is 2. The van der Waals surface area contributed by atoms with Crippen molar-refractivity contribution in [2.45, 2.75) is 45.6 Å². The number of nitrogens with zero attached hydrogens (tertiary/aromatic N) is 2. The Kier molecular flexibility index (Phi) is 4.04. The van der Waals surface area contributed by atoms with Gasteiger partial charge in [-0.25, -0.2) is 4.99 Å². The van der Waals surface area contributed by atoms with E-state index in [0.717, 1.165) is 44.5 Å². The van der Waals surface area contributed by atoms with Crippen LogP contribution in [0.25, 0.3) is 0 Å². The Morgan fingerprint density at radius 2 is 2.05 bits per heavy atom. The Labute approximate surface area is 132 Å². The van der Waals surface area contributed by atoms with Crippen molar-refractivity contribution in [3.05, 3.63) is 35.4 Å². The average molecular weight is 298 g/mol. The highest BCUT2D eigenvalue weighted by Gasteiger charge is 2.45. The van der Waals surface area contributed by atoms with Crippen LogP contribution in [0.15, 0.2) is 29.3 Å². The largest absolute Gasteiger partial charge is 0.341 e. The van der Waals surface area contributed by atoms with Gasteiger partial charge in [-0.05, 0) is 49.1 Å². The summed E-state index contributed by atoms with van der Waals surface area (Å²) in [6, 6.07) is 8.73. The normalized spacial score (nSPS) is 23.7. The van der Waals surface area contributed by atoms with Crippen LogP contribution in [0.3, 0.4) is 0 Å². The predicted octanol–water partition coefficient (Wildman–Crippen LogP) is 3.13. The fourth-order valence-corrected chi connectivity index (χ4v) is 3.80. The summed E-state index contributed by atoms with van der Waals surface area (Å²) < 4.78 is 0. The number of nitrogens with one attached hydrogen (secondary N) is 1. The number of benzene rings is 1. The summed E-state index contributed by atoms with van der Waals surface area (Å²) in [4.78, 5) is 6.48. The summed E-state index contributed by atoms with van der Waals surface area (Å²) in [6.07, 6.45) is 4.08. The summed E-state index contributed by atoms with van der Waals surface area (Å²) in [5.74, 6) is 0.415. The molecule has 0 amide bonds. The second-order valence-electron chi connectivity index (χ2n) is 6.73. The molecule has 22 heavy (non-hydrogen) atoms. The van der Waals surface area contributed by atoms with Gasteiger partial charge >= 0.3 is 0 Å². The number of aliphatic imine (C=N–C) groups is 1. The molecule has 0 bridgehead atoms. The first-order valence-corrected chi connectivity index (χ1v) is 8.27. The van der Waals surface area contributed by atoms with Gasteiger partial charge < -0.3 is 10.6 Å². The summed E-state index contributed by atoms with van der Waals surface area (Å²) in [5.41, 5.74) is 10.5. The number of piperidine rings is 1. The molecule has 1 aliphatic carbocycles. The molecule has 0 saturated carbocycles. The number of rotatable bonds is 1. The minimum Gasteiger partial charge on any atom is -0.341 e. The Hall–Kier alpha value is -1.68. The molecule has 1 spiro atoms. The summed E-state index contributed by atoms with van der Waals surface area (Å²) in [7, 11) is 0. The van der Waals surface area contributed by atoms with E-state index in [2.05, 4.69) is 41.1 Å². The Morgan fingerprint density at radius 3 is 2.68 bits per heavy atom. The topological polar surface area (TPSA) is 65.5 Å². The van der Waals surface area contributed by atoms with E-state index in [1.165, 1.54) is 11.1 Å². The standard InChI is InChI=1S/C18H26N4/c1-3-13(2)21-17(20)22-10-8-18(9-11-22)12-14-6-4-5-7-15(14)16(18)19/h4-7,16,20H,3,8-12,19H2,1-2H3/b20-17?,21-13-/t16-/m1/s1. The van der Waals surface area contributed by atoms with Crippen molar-refractivity contribution >= 4 is 11.7 Å². The minimum atomic E-state index is 0.140. The van der Waals surface area contributed by atoms with E-state index < -0.39 is 0 Å². The van der Waals surface area contributed by atoms with E-state index in [1.807, 2.05) is 6.92 Å². The van der Waals surface area contributed by atoms with Crippen molar-refractivity contribution < 1.29 is 0 Å². The second-order valence-corrected chi connectivity index (χ2v) is 6.73. The van der Waals surface area contributed by atoms with Crippen LogP contribution >= 0.6 is 0 Å². The quantitative estimate of drug-likeness (QED) is 0.618. The van der Waals surface area contributed by atoms with Crippen LogP contribution in [0.1, 0.15) is 50.3 Å². The zero-order valence-electron chi connectivity index (χ0n) is 13.6. The molecule has 1 aromatic carbocycles. The van der Waals surface area contributed by atoms with Crippen molar-refractivity contribution in [3.8, 4) is 0 Å². The Balaban J connectivity index is 1.69. The van der Waals surface area contributed by atoms with Gasteiger partial charge in [-0.2, -0.15) is 0 Å². The van der Waals surface area contributed by atoms with E-state index in [0.29, 0.717) is 5.96 Å². The lowest BCUT2D eigenvalue weighted by Crippen LogP contribution is -2.46.